The number of β-lactam (4-membered cyclic amide) rings is 1. The van der Waals surface area contributed by atoms with E-state index in [0.29, 0.717) is 14.8 Å². The van der Waals surface area contributed by atoms with Crippen molar-refractivity contribution >= 4 is 57.6 Å². The largest absolute Gasteiger partial charge is 1.00 e. The number of nitrogens with zero attached hydrogens (tertiary/aromatic N) is 3. The number of benzene rings is 1. The van der Waals surface area contributed by atoms with E-state index in [1.54, 1.807) is 18.2 Å². The van der Waals surface area contributed by atoms with Crippen LogP contribution < -0.4 is 45.3 Å². The summed E-state index contributed by atoms with van der Waals surface area (Å²) in [5.74, 6) is -3.76. The minimum atomic E-state index is -3.90. The third kappa shape index (κ3) is 6.69. The summed E-state index contributed by atoms with van der Waals surface area (Å²) in [5.41, 5.74) is 0.0395. The Labute approximate surface area is 260 Å². The number of carboxylic acid groups (broad SMARTS) is 1. The van der Waals surface area contributed by atoms with Gasteiger partial charge in [0.05, 0.1) is 31.0 Å². The van der Waals surface area contributed by atoms with Gasteiger partial charge in [0, 0.05) is 18.2 Å². The Balaban J connectivity index is 0.00000462. The first-order valence-electron chi connectivity index (χ1n) is 11.8. The summed E-state index contributed by atoms with van der Waals surface area (Å²) in [6, 6.07) is 3.29. The number of ether oxygens (including phenoxy) is 1. The molecule has 0 spiro atoms. The van der Waals surface area contributed by atoms with Gasteiger partial charge in [-0.05, 0) is 5.56 Å². The van der Waals surface area contributed by atoms with Crippen LogP contribution in [0.2, 0.25) is 0 Å². The Morgan fingerprint density at radius 3 is 2.37 bits per heavy atom. The maximum absolute atomic E-state index is 13.4. The number of hydrogen-bond donors (Lipinski definition) is 2. The van der Waals surface area contributed by atoms with Crippen molar-refractivity contribution in [2.45, 2.75) is 24.4 Å². The van der Waals surface area contributed by atoms with Crippen LogP contribution in [0.5, 0.6) is 0 Å². The van der Waals surface area contributed by atoms with Crippen LogP contribution in [0.15, 0.2) is 41.6 Å². The second-order valence-electron chi connectivity index (χ2n) is 8.98. The first-order valence-corrected chi connectivity index (χ1v) is 14.7. The van der Waals surface area contributed by atoms with Gasteiger partial charge >= 0.3 is 47.6 Å². The number of thioether (sulfide) groups is 1. The van der Waals surface area contributed by atoms with Crippen molar-refractivity contribution in [3.63, 3.8) is 0 Å². The monoisotopic (exact) mass is 617 g/mol. The third-order valence-corrected chi connectivity index (χ3v) is 8.75. The number of rotatable bonds is 8. The molecule has 2 fully saturated rings. The maximum atomic E-state index is 13.4. The van der Waals surface area contributed by atoms with Gasteiger partial charge in [-0.25, -0.2) is 27.2 Å². The number of carbonyl (C=O) groups is 6. The quantitative estimate of drug-likeness (QED) is 0.161. The van der Waals surface area contributed by atoms with Gasteiger partial charge in [0.2, 0.25) is 15.9 Å². The molecular weight excluding hydrogens is 593 g/mol. The number of sulfonamides is 1. The van der Waals surface area contributed by atoms with Crippen LogP contribution in [0.1, 0.15) is 18.5 Å². The van der Waals surface area contributed by atoms with E-state index in [1.165, 1.54) is 12.1 Å². The fourth-order valence-electron chi connectivity index (χ4n) is 4.37. The number of nitrogens with one attached hydrogen (secondary N) is 2. The number of imide groups is 1. The number of urea groups is 2. The van der Waals surface area contributed by atoms with Gasteiger partial charge in [0.25, 0.3) is 5.91 Å². The van der Waals surface area contributed by atoms with E-state index >= 15 is 0 Å². The molecule has 0 radical (unpaired) electrons. The van der Waals surface area contributed by atoms with Crippen LogP contribution >= 0.6 is 11.8 Å². The molecule has 3 atom stereocenters. The minimum absolute atomic E-state index is 0. The Kier molecular flexibility index (Phi) is 10.1. The second kappa shape index (κ2) is 12.8. The molecule has 3 heterocycles. The van der Waals surface area contributed by atoms with Crippen molar-refractivity contribution in [3.05, 3.63) is 47.2 Å². The summed E-state index contributed by atoms with van der Waals surface area (Å²) >= 11 is 1.14. The molecular formula is C23H24N5NaO10S2. The number of aliphatic carboxylic acids is 1. The number of esters is 1. The zero-order valence-corrected chi connectivity index (χ0v) is 25.8. The molecule has 1 aromatic rings. The SMILES string of the molecule is CC(=O)OCC1=C(C(=O)[O-])N2C(=O)C(NC(=O)C(NC(=O)N3CCN(S(C)(=O)=O)C3=O)c3ccccc3)[C@@H]2SC1.[Na+]. The van der Waals surface area contributed by atoms with Crippen molar-refractivity contribution in [2.24, 2.45) is 0 Å². The molecule has 6 amide bonds. The van der Waals surface area contributed by atoms with Crippen molar-refractivity contribution in [3.8, 4) is 0 Å². The number of amides is 6. The van der Waals surface area contributed by atoms with E-state index in [-0.39, 0.29) is 60.6 Å². The van der Waals surface area contributed by atoms with E-state index < -0.39 is 69.0 Å². The summed E-state index contributed by atoms with van der Waals surface area (Å²) in [5, 5.41) is 16.0. The van der Waals surface area contributed by atoms with Crippen LogP contribution in [0.3, 0.4) is 0 Å². The smallest absolute Gasteiger partial charge is 0.543 e. The van der Waals surface area contributed by atoms with Crippen LogP contribution in [-0.4, -0.2) is 101 Å². The average Bonchev–Trinajstić information content (AvgIpc) is 3.30. The van der Waals surface area contributed by atoms with E-state index in [0.717, 1.165) is 29.8 Å². The van der Waals surface area contributed by atoms with Crippen LogP contribution in [0.25, 0.3) is 0 Å². The number of carbonyl (C=O) groups excluding carboxylic acids is 6. The maximum Gasteiger partial charge on any atom is 1.00 e. The van der Waals surface area contributed by atoms with Crippen molar-refractivity contribution in [1.29, 1.82) is 0 Å². The van der Waals surface area contributed by atoms with Gasteiger partial charge in [0.1, 0.15) is 24.1 Å². The van der Waals surface area contributed by atoms with E-state index in [4.69, 9.17) is 4.74 Å². The number of hydrogen-bond acceptors (Lipinski definition) is 11. The Bertz CT molecular complexity index is 1420. The molecule has 3 aliphatic rings. The summed E-state index contributed by atoms with van der Waals surface area (Å²) in [6.07, 6.45) is 0.828. The van der Waals surface area contributed by atoms with Crippen molar-refractivity contribution in [2.75, 3.05) is 31.7 Å². The summed E-state index contributed by atoms with van der Waals surface area (Å²) in [4.78, 5) is 76.3. The second-order valence-corrected chi connectivity index (χ2v) is 12.0. The standard InChI is InChI=1S/C23H25N5O10S2.Na/c1-12(29)38-10-14-11-39-20-16(19(31)28(20)17(14)21(32)33)24-18(30)15(13-6-4-3-5-7-13)25-22(34)26-8-9-27(23(26)35)40(2,36)37;/h3-7,15-16,20H,8-11H2,1-2H3,(H,24,30)(H,25,34)(H,32,33);/q;+1/p-1/t15?,16?,20-;/m0./s1. The predicted molar refractivity (Wildman–Crippen MR) is 135 cm³/mol. The molecule has 2 N–H and O–H groups in total. The number of fused-ring (bicyclic) bond motifs is 1. The molecule has 0 bridgehead atoms. The van der Waals surface area contributed by atoms with Gasteiger partial charge in [0.15, 0.2) is 0 Å². The fraction of sp³-hybridized carbons (Fsp3) is 0.391. The molecule has 214 valence electrons. The Morgan fingerprint density at radius 2 is 1.80 bits per heavy atom. The Morgan fingerprint density at radius 1 is 1.15 bits per heavy atom. The molecule has 0 aliphatic carbocycles. The van der Waals surface area contributed by atoms with Crippen molar-refractivity contribution in [1.82, 2.24) is 24.7 Å². The van der Waals surface area contributed by atoms with Crippen molar-refractivity contribution < 1.29 is 76.6 Å². The van der Waals surface area contributed by atoms with E-state index in [9.17, 15) is 42.3 Å². The molecule has 3 aliphatic heterocycles. The van der Waals surface area contributed by atoms with Gasteiger partial charge in [-0.2, -0.15) is 0 Å². The minimum Gasteiger partial charge on any atom is -0.543 e. The molecule has 41 heavy (non-hydrogen) atoms. The third-order valence-electron chi connectivity index (χ3n) is 6.27. The molecule has 0 saturated carbocycles. The van der Waals surface area contributed by atoms with Gasteiger partial charge in [-0.3, -0.25) is 19.3 Å². The molecule has 4 rings (SSSR count). The van der Waals surface area contributed by atoms with E-state index in [2.05, 4.69) is 10.6 Å². The summed E-state index contributed by atoms with van der Waals surface area (Å²) in [7, 11) is -3.90. The molecule has 2 unspecified atom stereocenters. The fourth-order valence-corrected chi connectivity index (χ4v) is 6.49. The zero-order chi connectivity index (χ0) is 29.4. The van der Waals surface area contributed by atoms with Gasteiger partial charge < -0.3 is 25.3 Å². The topological polar surface area (TPSA) is 203 Å². The predicted octanol–water partition coefficient (Wildman–Crippen LogP) is -4.89. The van der Waals surface area contributed by atoms with Crippen LogP contribution in [0, 0.1) is 0 Å². The van der Waals surface area contributed by atoms with Crippen LogP contribution in [0.4, 0.5) is 9.59 Å². The molecule has 1 aromatic carbocycles. The summed E-state index contributed by atoms with van der Waals surface area (Å²) in [6.45, 7) is 0.338. The molecule has 0 aromatic heterocycles. The zero-order valence-electron chi connectivity index (χ0n) is 22.2. The molecule has 15 nitrogen and oxygen atoms in total. The molecule has 2 saturated heterocycles. The van der Waals surface area contributed by atoms with Gasteiger partial charge in [-0.15, -0.1) is 11.8 Å². The molecule has 18 heteroatoms. The normalized spacial score (nSPS) is 20.9. The number of carboxylic acids is 1. The Hall–Kier alpha value is -3.12. The first-order chi connectivity index (χ1) is 18.8. The van der Waals surface area contributed by atoms with Crippen LogP contribution in [-0.2, 0) is 33.9 Å². The first kappa shape index (κ1) is 32.4. The van der Waals surface area contributed by atoms with Gasteiger partial charge in [-0.1, -0.05) is 30.3 Å². The average molecular weight is 618 g/mol. The summed E-state index contributed by atoms with van der Waals surface area (Å²) < 4.78 is 29.0. The van der Waals surface area contributed by atoms with E-state index in [1.807, 2.05) is 0 Å².